The molecule has 0 aromatic carbocycles. The lowest BCUT2D eigenvalue weighted by Gasteiger charge is -2.26. The normalized spacial score (nSPS) is 29.2. The van der Waals surface area contributed by atoms with E-state index in [0.29, 0.717) is 0 Å². The minimum atomic E-state index is -1.58. The van der Waals surface area contributed by atoms with E-state index in [2.05, 4.69) is 63.8 Å². The molecular formula is C14H30O2Si4. The highest BCUT2D eigenvalue weighted by Crippen LogP contribution is 2.38. The predicted molar refractivity (Wildman–Crippen MR) is 97.5 cm³/mol. The number of hydrogen-bond donors (Lipinski definition) is 0. The molecular weight excluding hydrogens is 312 g/mol. The van der Waals surface area contributed by atoms with Crippen LogP contribution in [0.5, 0.6) is 0 Å². The molecule has 0 radical (unpaired) electrons. The molecule has 114 valence electrons. The van der Waals surface area contributed by atoms with Crippen molar-refractivity contribution in [3.63, 3.8) is 0 Å². The lowest BCUT2D eigenvalue weighted by atomic mass is 10.3. The predicted octanol–water partition coefficient (Wildman–Crippen LogP) is 4.66. The lowest BCUT2D eigenvalue weighted by Crippen LogP contribution is -2.38. The summed E-state index contributed by atoms with van der Waals surface area (Å²) in [5.74, 6) is 0. The van der Waals surface area contributed by atoms with Gasteiger partial charge in [0.2, 0.25) is 16.6 Å². The van der Waals surface area contributed by atoms with Gasteiger partial charge in [0.1, 0.15) is 0 Å². The van der Waals surface area contributed by atoms with Gasteiger partial charge in [-0.15, -0.1) is 0 Å². The second-order valence-electron chi connectivity index (χ2n) is 8.27. The molecule has 0 aliphatic carbocycles. The Kier molecular flexibility index (Phi) is 4.07. The second kappa shape index (κ2) is 4.89. The maximum atomic E-state index is 6.41. The highest BCUT2D eigenvalue weighted by molar-refractivity contribution is 6.96. The van der Waals surface area contributed by atoms with Crippen LogP contribution in [0.1, 0.15) is 12.8 Å². The van der Waals surface area contributed by atoms with Crippen molar-refractivity contribution in [2.75, 3.05) is 0 Å². The largest absolute Gasteiger partial charge is 0.449 e. The summed E-state index contributed by atoms with van der Waals surface area (Å²) in [6.07, 6.45) is 2.40. The summed E-state index contributed by atoms with van der Waals surface area (Å²) >= 11 is 0. The fraction of sp³-hybridized carbons (Fsp3) is 0.714. The summed E-state index contributed by atoms with van der Waals surface area (Å²) in [6, 6.07) is 0. The molecule has 0 saturated carbocycles. The highest BCUT2D eigenvalue weighted by atomic mass is 28.4. The zero-order valence-corrected chi connectivity index (χ0v) is 18.4. The van der Waals surface area contributed by atoms with Crippen molar-refractivity contribution < 1.29 is 8.23 Å². The van der Waals surface area contributed by atoms with Gasteiger partial charge in [-0.25, -0.2) is 0 Å². The Morgan fingerprint density at radius 1 is 0.650 bits per heavy atom. The molecule has 0 aromatic rings. The Morgan fingerprint density at radius 3 is 1.15 bits per heavy atom. The Balaban J connectivity index is 2.10. The molecule has 20 heavy (non-hydrogen) atoms. The first-order valence-electron chi connectivity index (χ1n) is 7.68. The average Bonchev–Trinajstić information content (AvgIpc) is 2.50. The molecule has 2 aliphatic rings. The van der Waals surface area contributed by atoms with E-state index in [1.165, 1.54) is 12.8 Å². The molecule has 0 fully saturated rings. The van der Waals surface area contributed by atoms with Crippen molar-refractivity contribution in [1.29, 1.82) is 0 Å². The minimum Gasteiger partial charge on any atom is -0.449 e. The van der Waals surface area contributed by atoms with E-state index in [9.17, 15) is 0 Å². The van der Waals surface area contributed by atoms with Gasteiger partial charge in [-0.1, -0.05) is 21.8 Å². The first kappa shape index (κ1) is 16.6. The zero-order valence-electron chi connectivity index (χ0n) is 14.4. The molecule has 0 N–H and O–H groups in total. The molecule has 2 nitrogen and oxygen atoms in total. The van der Waals surface area contributed by atoms with E-state index < -0.39 is 33.3 Å². The van der Waals surface area contributed by atoms with Gasteiger partial charge in [0.15, 0.2) is 16.6 Å². The smallest absolute Gasteiger partial charge is 0.201 e. The monoisotopic (exact) mass is 342 g/mol. The van der Waals surface area contributed by atoms with Crippen LogP contribution in [-0.4, -0.2) is 33.3 Å². The summed E-state index contributed by atoms with van der Waals surface area (Å²) in [6.45, 7) is 18.7. The number of hydrogen-bond acceptors (Lipinski definition) is 2. The van der Waals surface area contributed by atoms with E-state index in [1.807, 2.05) is 0 Å². The Bertz CT molecular complexity index is 432. The van der Waals surface area contributed by atoms with Crippen LogP contribution < -0.4 is 0 Å². The van der Waals surface area contributed by atoms with Crippen molar-refractivity contribution >= 4 is 33.3 Å². The fourth-order valence-corrected chi connectivity index (χ4v) is 24.0. The number of rotatable bonds is 3. The molecule has 0 spiro atoms. The van der Waals surface area contributed by atoms with Crippen LogP contribution in [0, 0.1) is 0 Å². The van der Waals surface area contributed by atoms with Crippen molar-refractivity contribution in [2.24, 2.45) is 0 Å². The SMILES string of the molecule is C[Si]1(C)C=C(CCC2=C[Si](C)(C)O[Si]2(C)C)[Si](C)(C)O1. The van der Waals surface area contributed by atoms with Crippen molar-refractivity contribution in [1.82, 2.24) is 0 Å². The quantitative estimate of drug-likeness (QED) is 0.695. The van der Waals surface area contributed by atoms with Crippen LogP contribution in [0.4, 0.5) is 0 Å². The van der Waals surface area contributed by atoms with E-state index in [-0.39, 0.29) is 0 Å². The van der Waals surface area contributed by atoms with Crippen LogP contribution in [0.2, 0.25) is 52.4 Å². The summed E-state index contributed by atoms with van der Waals surface area (Å²) in [5.41, 5.74) is 5.04. The first-order valence-corrected chi connectivity index (χ1v) is 19.5. The maximum absolute atomic E-state index is 6.41. The molecule has 0 bridgehead atoms. The first-order chi connectivity index (χ1) is 8.83. The van der Waals surface area contributed by atoms with Gasteiger partial charge < -0.3 is 8.23 Å². The summed E-state index contributed by atoms with van der Waals surface area (Å²) in [7, 11) is -6.18. The van der Waals surface area contributed by atoms with Crippen LogP contribution in [-0.2, 0) is 8.23 Å². The third kappa shape index (κ3) is 3.53. The Hall–Kier alpha value is 0.268. The van der Waals surface area contributed by atoms with Gasteiger partial charge >= 0.3 is 0 Å². The van der Waals surface area contributed by atoms with Crippen molar-refractivity contribution in [3.8, 4) is 0 Å². The van der Waals surface area contributed by atoms with Gasteiger partial charge in [0.25, 0.3) is 0 Å². The Morgan fingerprint density at radius 2 is 0.950 bits per heavy atom. The topological polar surface area (TPSA) is 18.5 Å². The molecule has 0 unspecified atom stereocenters. The van der Waals surface area contributed by atoms with Crippen LogP contribution in [0.25, 0.3) is 0 Å². The van der Waals surface area contributed by atoms with Crippen LogP contribution in [0.15, 0.2) is 21.8 Å². The molecule has 2 aliphatic heterocycles. The molecule has 2 heterocycles. The van der Waals surface area contributed by atoms with E-state index in [0.717, 1.165) is 0 Å². The second-order valence-corrected chi connectivity index (χ2v) is 24.2. The van der Waals surface area contributed by atoms with Gasteiger partial charge in [-0.2, -0.15) is 0 Å². The standard InChI is InChI=1S/C14H30O2Si4/c1-17(2)11-13(19(5,6)15-17)9-10-14-12-18(3,4)16-20(14,7)8/h11-12H,9-10H2,1-8H3. The molecule has 6 heteroatoms. The highest BCUT2D eigenvalue weighted by Gasteiger charge is 2.44. The van der Waals surface area contributed by atoms with Crippen molar-refractivity contribution in [3.05, 3.63) is 21.8 Å². The van der Waals surface area contributed by atoms with Gasteiger partial charge in [-0.05, 0) is 65.2 Å². The number of allylic oxidation sites excluding steroid dienone is 2. The van der Waals surface area contributed by atoms with E-state index in [4.69, 9.17) is 8.23 Å². The Labute approximate surface area is 128 Å². The van der Waals surface area contributed by atoms with Crippen LogP contribution in [0.3, 0.4) is 0 Å². The van der Waals surface area contributed by atoms with E-state index in [1.54, 1.807) is 10.4 Å². The zero-order chi connectivity index (χ0) is 15.4. The molecule has 0 saturated heterocycles. The fourth-order valence-electron chi connectivity index (χ4n) is 3.71. The van der Waals surface area contributed by atoms with Gasteiger partial charge in [-0.3, -0.25) is 0 Å². The molecule has 0 aromatic heterocycles. The molecule has 0 amide bonds. The third-order valence-electron chi connectivity index (χ3n) is 4.29. The minimum absolute atomic E-state index is 1.20. The van der Waals surface area contributed by atoms with Crippen LogP contribution >= 0.6 is 0 Å². The lowest BCUT2D eigenvalue weighted by molar-refractivity contribution is 0.572. The summed E-state index contributed by atoms with van der Waals surface area (Å²) in [5, 5.41) is 3.29. The average molecular weight is 343 g/mol. The maximum Gasteiger partial charge on any atom is 0.201 e. The van der Waals surface area contributed by atoms with Crippen molar-refractivity contribution in [2.45, 2.75) is 65.2 Å². The molecule has 0 atom stereocenters. The van der Waals surface area contributed by atoms with E-state index >= 15 is 0 Å². The van der Waals surface area contributed by atoms with Gasteiger partial charge in [0, 0.05) is 0 Å². The molecule has 2 rings (SSSR count). The summed E-state index contributed by atoms with van der Waals surface area (Å²) in [4.78, 5) is 0. The van der Waals surface area contributed by atoms with Gasteiger partial charge in [0.05, 0.1) is 0 Å². The summed E-state index contributed by atoms with van der Waals surface area (Å²) < 4.78 is 12.8. The third-order valence-corrected chi connectivity index (χ3v) is 19.1.